The van der Waals surface area contributed by atoms with Crippen molar-refractivity contribution in [2.24, 2.45) is 0 Å². The van der Waals surface area contributed by atoms with Crippen molar-refractivity contribution in [2.45, 2.75) is 19.2 Å². The largest absolute Gasteiger partial charge is 0.479 e. The van der Waals surface area contributed by atoms with Crippen LogP contribution in [0.4, 0.5) is 13.2 Å². The zero-order valence-electron chi connectivity index (χ0n) is 13.5. The molecule has 5 nitrogen and oxygen atoms in total. The van der Waals surface area contributed by atoms with Crippen molar-refractivity contribution in [1.29, 1.82) is 0 Å². The zero-order valence-corrected chi connectivity index (χ0v) is 15.0. The first-order valence-corrected chi connectivity index (χ1v) is 8.02. The third kappa shape index (κ3) is 5.27. The molecule has 0 aromatic heterocycles. The van der Waals surface area contributed by atoms with Crippen LogP contribution in [0.2, 0.25) is 10.0 Å². The summed E-state index contributed by atoms with van der Waals surface area (Å²) in [6.45, 7) is 1.16. The Kier molecular flexibility index (Phi) is 6.22. The summed E-state index contributed by atoms with van der Waals surface area (Å²) >= 11 is 11.7. The molecule has 2 rings (SSSR count). The van der Waals surface area contributed by atoms with E-state index in [0.717, 1.165) is 25.1 Å². The number of hydrogen-bond acceptors (Lipinski definition) is 4. The average molecular weight is 423 g/mol. The maximum atomic E-state index is 12.7. The first kappa shape index (κ1) is 20.9. The molecule has 0 fully saturated rings. The molecule has 0 saturated heterocycles. The van der Waals surface area contributed by atoms with Crippen LogP contribution in [0.25, 0.3) is 0 Å². The summed E-state index contributed by atoms with van der Waals surface area (Å²) in [6, 6.07) is 6.33. The van der Waals surface area contributed by atoms with Gasteiger partial charge in [-0.3, -0.25) is 0 Å². The number of carbonyl (C=O) groups excluding carboxylic acids is 1. The summed E-state index contributed by atoms with van der Waals surface area (Å²) < 4.78 is 48.1. The molecule has 0 aliphatic heterocycles. The normalized spacial score (nSPS) is 12.4. The van der Waals surface area contributed by atoms with Gasteiger partial charge in [-0.15, -0.1) is 0 Å². The Bertz CT molecular complexity index is 883. The first-order valence-electron chi connectivity index (χ1n) is 7.27. The summed E-state index contributed by atoms with van der Waals surface area (Å²) in [7, 11) is 0. The van der Waals surface area contributed by atoms with E-state index in [9.17, 15) is 22.8 Å². The van der Waals surface area contributed by atoms with Crippen molar-refractivity contribution in [3.05, 3.63) is 57.6 Å². The number of alkyl halides is 3. The summed E-state index contributed by atoms with van der Waals surface area (Å²) in [4.78, 5) is 22.8. The number of ether oxygens (including phenoxy) is 2. The van der Waals surface area contributed by atoms with Gasteiger partial charge in [0.25, 0.3) is 0 Å². The minimum Gasteiger partial charge on any atom is -0.479 e. The predicted octanol–water partition coefficient (Wildman–Crippen LogP) is 5.43. The molecule has 0 spiro atoms. The van der Waals surface area contributed by atoms with Crippen molar-refractivity contribution < 1.29 is 37.3 Å². The molecule has 0 radical (unpaired) electrons. The van der Waals surface area contributed by atoms with E-state index >= 15 is 0 Å². The molecule has 27 heavy (non-hydrogen) atoms. The number of benzene rings is 2. The third-order valence-corrected chi connectivity index (χ3v) is 3.90. The lowest BCUT2D eigenvalue weighted by atomic mass is 10.2. The van der Waals surface area contributed by atoms with Crippen LogP contribution < -0.4 is 4.74 Å². The summed E-state index contributed by atoms with van der Waals surface area (Å²) in [6.07, 6.45) is -5.96. The van der Waals surface area contributed by atoms with Crippen LogP contribution in [0.5, 0.6) is 11.5 Å². The second kappa shape index (κ2) is 8.06. The summed E-state index contributed by atoms with van der Waals surface area (Å²) in [5.74, 6) is -2.39. The van der Waals surface area contributed by atoms with Crippen LogP contribution in [0.1, 0.15) is 22.8 Å². The molecule has 0 amide bonds. The van der Waals surface area contributed by atoms with E-state index in [1.54, 1.807) is 0 Å². The quantitative estimate of drug-likeness (QED) is 0.649. The first-order chi connectivity index (χ1) is 12.5. The van der Waals surface area contributed by atoms with Crippen molar-refractivity contribution in [3.63, 3.8) is 0 Å². The number of carboxylic acids is 1. The topological polar surface area (TPSA) is 72.8 Å². The highest BCUT2D eigenvalue weighted by molar-refractivity contribution is 6.33. The Morgan fingerprint density at radius 1 is 1.07 bits per heavy atom. The lowest BCUT2D eigenvalue weighted by molar-refractivity contribution is -0.146. The van der Waals surface area contributed by atoms with Gasteiger partial charge in [-0.2, -0.15) is 13.2 Å². The second-order valence-corrected chi connectivity index (χ2v) is 6.09. The molecular weight excluding hydrogens is 412 g/mol. The van der Waals surface area contributed by atoms with Gasteiger partial charge in [0.05, 0.1) is 21.2 Å². The Hall–Kier alpha value is -2.45. The standard InChI is InChI=1S/C17H11Cl2F3O5/c1-8(15(23)24)26-16(25)11-7-10(3-4-12(11)18)27-14-5-2-9(6-13(14)19)17(20,21)22/h2-8H,1H3,(H,23,24). The molecule has 0 saturated carbocycles. The maximum Gasteiger partial charge on any atom is 0.416 e. The van der Waals surface area contributed by atoms with Gasteiger partial charge in [0.2, 0.25) is 0 Å². The molecule has 0 heterocycles. The minimum atomic E-state index is -4.56. The number of carbonyl (C=O) groups is 2. The molecule has 2 aromatic carbocycles. The van der Waals surface area contributed by atoms with Crippen LogP contribution >= 0.6 is 23.2 Å². The molecule has 2 aromatic rings. The number of halogens is 5. The third-order valence-electron chi connectivity index (χ3n) is 3.28. The number of carboxylic acid groups (broad SMARTS) is 1. The van der Waals surface area contributed by atoms with Gasteiger partial charge in [-0.05, 0) is 43.3 Å². The van der Waals surface area contributed by atoms with Crippen LogP contribution in [0, 0.1) is 0 Å². The molecular formula is C17H11Cl2F3O5. The van der Waals surface area contributed by atoms with E-state index in [4.69, 9.17) is 37.8 Å². The second-order valence-electron chi connectivity index (χ2n) is 5.27. The molecule has 1 N–H and O–H groups in total. The predicted molar refractivity (Wildman–Crippen MR) is 90.5 cm³/mol. The van der Waals surface area contributed by atoms with E-state index in [-0.39, 0.29) is 27.1 Å². The van der Waals surface area contributed by atoms with Crippen LogP contribution in [-0.2, 0) is 15.7 Å². The monoisotopic (exact) mass is 422 g/mol. The van der Waals surface area contributed by atoms with E-state index in [2.05, 4.69) is 0 Å². The van der Waals surface area contributed by atoms with Crippen molar-refractivity contribution in [2.75, 3.05) is 0 Å². The molecule has 144 valence electrons. The van der Waals surface area contributed by atoms with E-state index in [1.807, 2.05) is 0 Å². The summed E-state index contributed by atoms with van der Waals surface area (Å²) in [5.41, 5.74) is -1.12. The zero-order chi connectivity index (χ0) is 20.4. The van der Waals surface area contributed by atoms with E-state index in [1.165, 1.54) is 12.1 Å². The number of rotatable bonds is 5. The van der Waals surface area contributed by atoms with E-state index in [0.29, 0.717) is 6.07 Å². The van der Waals surface area contributed by atoms with Crippen molar-refractivity contribution in [1.82, 2.24) is 0 Å². The highest BCUT2D eigenvalue weighted by Crippen LogP contribution is 2.37. The highest BCUT2D eigenvalue weighted by Gasteiger charge is 2.31. The number of esters is 1. The fourth-order valence-electron chi connectivity index (χ4n) is 1.89. The SMILES string of the molecule is CC(OC(=O)c1cc(Oc2ccc(C(F)(F)F)cc2Cl)ccc1Cl)C(=O)O. The van der Waals surface area contributed by atoms with Crippen molar-refractivity contribution >= 4 is 35.1 Å². The Morgan fingerprint density at radius 2 is 1.74 bits per heavy atom. The number of aliphatic carboxylic acids is 1. The fourth-order valence-corrected chi connectivity index (χ4v) is 2.30. The van der Waals surface area contributed by atoms with Gasteiger partial charge in [-0.1, -0.05) is 23.2 Å². The lowest BCUT2D eigenvalue weighted by Gasteiger charge is -2.13. The molecule has 10 heteroatoms. The fraction of sp³-hybridized carbons (Fsp3) is 0.176. The van der Waals surface area contributed by atoms with Gasteiger partial charge in [0.15, 0.2) is 6.10 Å². The molecule has 1 atom stereocenters. The molecule has 1 unspecified atom stereocenters. The summed E-state index contributed by atoms with van der Waals surface area (Å²) in [5, 5.41) is 8.46. The van der Waals surface area contributed by atoms with Crippen molar-refractivity contribution in [3.8, 4) is 11.5 Å². The van der Waals surface area contributed by atoms with Gasteiger partial charge in [0, 0.05) is 0 Å². The Morgan fingerprint density at radius 3 is 2.30 bits per heavy atom. The van der Waals surface area contributed by atoms with Crippen LogP contribution in [-0.4, -0.2) is 23.1 Å². The molecule has 0 aliphatic carbocycles. The Balaban J connectivity index is 2.26. The average Bonchev–Trinajstić information content (AvgIpc) is 2.57. The van der Waals surface area contributed by atoms with Crippen LogP contribution in [0.15, 0.2) is 36.4 Å². The van der Waals surface area contributed by atoms with E-state index < -0.39 is 29.8 Å². The highest BCUT2D eigenvalue weighted by atomic mass is 35.5. The maximum absolute atomic E-state index is 12.7. The van der Waals surface area contributed by atoms with Gasteiger partial charge in [0.1, 0.15) is 11.5 Å². The van der Waals surface area contributed by atoms with Gasteiger partial charge in [-0.25, -0.2) is 9.59 Å². The number of hydrogen-bond donors (Lipinski definition) is 1. The molecule has 0 bridgehead atoms. The van der Waals surface area contributed by atoms with Crippen LogP contribution in [0.3, 0.4) is 0 Å². The minimum absolute atomic E-state index is 0.0246. The lowest BCUT2D eigenvalue weighted by Crippen LogP contribution is -2.23. The van der Waals surface area contributed by atoms with Gasteiger partial charge >= 0.3 is 18.1 Å². The molecule has 0 aliphatic rings. The Labute approximate surface area is 161 Å². The smallest absolute Gasteiger partial charge is 0.416 e. The van der Waals surface area contributed by atoms with Gasteiger partial charge < -0.3 is 14.6 Å².